The van der Waals surface area contributed by atoms with Crippen LogP contribution in [0.15, 0.2) is 47.6 Å². The molecule has 0 spiro atoms. The van der Waals surface area contributed by atoms with Gasteiger partial charge in [-0.25, -0.2) is 13.8 Å². The zero-order valence-corrected chi connectivity index (χ0v) is 15.0. The number of carbonyl (C=O) groups excluding carboxylic acids is 1. The van der Waals surface area contributed by atoms with Gasteiger partial charge in [-0.3, -0.25) is 9.89 Å². The molecule has 0 unspecified atom stereocenters. The highest BCUT2D eigenvalue weighted by Crippen LogP contribution is 2.27. The van der Waals surface area contributed by atoms with Gasteiger partial charge in [-0.2, -0.15) is 0 Å². The van der Waals surface area contributed by atoms with Crippen LogP contribution in [0.4, 0.5) is 14.5 Å². The van der Waals surface area contributed by atoms with Crippen molar-refractivity contribution in [3.63, 3.8) is 0 Å². The van der Waals surface area contributed by atoms with E-state index >= 15 is 0 Å². The van der Waals surface area contributed by atoms with Gasteiger partial charge < -0.3 is 5.32 Å². The van der Waals surface area contributed by atoms with Crippen LogP contribution >= 0.6 is 23.4 Å². The number of hydrogen-bond acceptors (Lipinski definition) is 4. The average molecular weight is 395 g/mol. The molecular formula is C17H13ClF2N4OS. The third-order valence-corrected chi connectivity index (χ3v) is 4.71. The molecule has 2 aromatic carbocycles. The summed E-state index contributed by atoms with van der Waals surface area (Å²) in [4.78, 5) is 16.5. The molecule has 1 atom stereocenters. The second-order valence-electron chi connectivity index (χ2n) is 5.32. The van der Waals surface area contributed by atoms with Gasteiger partial charge in [0.15, 0.2) is 5.82 Å². The number of carbonyl (C=O) groups is 1. The number of anilines is 1. The van der Waals surface area contributed by atoms with Gasteiger partial charge in [0, 0.05) is 0 Å². The lowest BCUT2D eigenvalue weighted by molar-refractivity contribution is -0.115. The third kappa shape index (κ3) is 4.20. The maximum Gasteiger partial charge on any atom is 0.237 e. The molecule has 26 heavy (non-hydrogen) atoms. The van der Waals surface area contributed by atoms with Crippen LogP contribution in [0.1, 0.15) is 6.92 Å². The minimum Gasteiger partial charge on any atom is -0.324 e. The minimum absolute atomic E-state index is 0.107. The monoisotopic (exact) mass is 394 g/mol. The van der Waals surface area contributed by atoms with Gasteiger partial charge in [-0.05, 0) is 37.3 Å². The summed E-state index contributed by atoms with van der Waals surface area (Å²) < 4.78 is 26.8. The molecule has 0 fully saturated rings. The molecule has 2 N–H and O–H groups in total. The van der Waals surface area contributed by atoms with Crippen LogP contribution in [0.25, 0.3) is 11.4 Å². The topological polar surface area (TPSA) is 70.7 Å². The predicted molar refractivity (Wildman–Crippen MR) is 97.1 cm³/mol. The Morgan fingerprint density at radius 3 is 2.77 bits per heavy atom. The molecule has 0 bridgehead atoms. The summed E-state index contributed by atoms with van der Waals surface area (Å²) in [6.07, 6.45) is 0. The number of halogens is 3. The zero-order chi connectivity index (χ0) is 18.7. The molecule has 0 saturated carbocycles. The van der Waals surface area contributed by atoms with Crippen LogP contribution in [-0.4, -0.2) is 26.3 Å². The first kappa shape index (κ1) is 18.3. The van der Waals surface area contributed by atoms with E-state index in [4.69, 9.17) is 11.6 Å². The lowest BCUT2D eigenvalue weighted by Gasteiger charge is -2.11. The number of thioether (sulfide) groups is 1. The number of H-pyrrole nitrogens is 1. The van der Waals surface area contributed by atoms with E-state index in [1.54, 1.807) is 25.1 Å². The number of aromatic amines is 1. The molecule has 1 aromatic heterocycles. The molecule has 9 heteroatoms. The van der Waals surface area contributed by atoms with Gasteiger partial charge in [-0.1, -0.05) is 35.5 Å². The van der Waals surface area contributed by atoms with Crippen molar-refractivity contribution in [1.29, 1.82) is 0 Å². The van der Waals surface area contributed by atoms with E-state index in [-0.39, 0.29) is 16.8 Å². The van der Waals surface area contributed by atoms with Gasteiger partial charge in [0.1, 0.15) is 11.6 Å². The van der Waals surface area contributed by atoms with Crippen molar-refractivity contribution in [2.75, 3.05) is 5.32 Å². The van der Waals surface area contributed by atoms with Crippen molar-refractivity contribution in [2.24, 2.45) is 0 Å². The SMILES string of the molecule is C[C@@H](Sc1n[nH]c(-c2ccccc2F)n1)C(=O)Nc1ccc(F)cc1Cl. The molecule has 1 heterocycles. The largest absolute Gasteiger partial charge is 0.324 e. The Labute approximate surface area is 157 Å². The normalized spacial score (nSPS) is 12.0. The number of nitrogens with zero attached hydrogens (tertiary/aromatic N) is 2. The van der Waals surface area contributed by atoms with Crippen molar-refractivity contribution in [3.8, 4) is 11.4 Å². The Kier molecular flexibility index (Phi) is 5.53. The zero-order valence-electron chi connectivity index (χ0n) is 13.5. The van der Waals surface area contributed by atoms with Crippen LogP contribution in [0.2, 0.25) is 5.02 Å². The second kappa shape index (κ2) is 7.84. The van der Waals surface area contributed by atoms with Crippen LogP contribution in [-0.2, 0) is 4.79 Å². The van der Waals surface area contributed by atoms with E-state index in [2.05, 4.69) is 20.5 Å². The Morgan fingerprint density at radius 1 is 1.27 bits per heavy atom. The van der Waals surface area contributed by atoms with Gasteiger partial charge in [0.05, 0.1) is 21.5 Å². The summed E-state index contributed by atoms with van der Waals surface area (Å²) in [5, 5.41) is 9.13. The first-order chi connectivity index (χ1) is 12.4. The predicted octanol–water partition coefficient (Wildman–Crippen LogP) is 4.52. The molecule has 0 aliphatic heterocycles. The van der Waals surface area contributed by atoms with Crippen LogP contribution in [0, 0.1) is 11.6 Å². The van der Waals surface area contributed by atoms with Crippen molar-refractivity contribution < 1.29 is 13.6 Å². The summed E-state index contributed by atoms with van der Waals surface area (Å²) in [6, 6.07) is 9.88. The van der Waals surface area contributed by atoms with Crippen LogP contribution in [0.5, 0.6) is 0 Å². The Balaban J connectivity index is 1.67. The second-order valence-corrected chi connectivity index (χ2v) is 7.04. The van der Waals surface area contributed by atoms with E-state index in [1.807, 2.05) is 0 Å². The molecule has 1 amide bonds. The van der Waals surface area contributed by atoms with Crippen LogP contribution in [0.3, 0.4) is 0 Å². The fraction of sp³-hybridized carbons (Fsp3) is 0.118. The van der Waals surface area contributed by atoms with E-state index in [0.717, 1.165) is 17.8 Å². The summed E-state index contributed by atoms with van der Waals surface area (Å²) in [5.74, 6) is -0.978. The quantitative estimate of drug-likeness (QED) is 0.624. The molecule has 0 radical (unpaired) electrons. The summed E-state index contributed by atoms with van der Waals surface area (Å²) in [6.45, 7) is 1.66. The number of hydrogen-bond donors (Lipinski definition) is 2. The summed E-state index contributed by atoms with van der Waals surface area (Å²) >= 11 is 6.99. The van der Waals surface area contributed by atoms with E-state index in [1.165, 1.54) is 18.2 Å². The summed E-state index contributed by atoms with van der Waals surface area (Å²) in [5.41, 5.74) is 0.606. The Hall–Kier alpha value is -2.45. The van der Waals surface area contributed by atoms with Crippen molar-refractivity contribution in [2.45, 2.75) is 17.3 Å². The summed E-state index contributed by atoms with van der Waals surface area (Å²) in [7, 11) is 0. The van der Waals surface area contributed by atoms with Gasteiger partial charge >= 0.3 is 0 Å². The number of rotatable bonds is 5. The lowest BCUT2D eigenvalue weighted by atomic mass is 10.2. The number of aromatic nitrogens is 3. The Morgan fingerprint density at radius 2 is 2.04 bits per heavy atom. The third-order valence-electron chi connectivity index (χ3n) is 3.43. The van der Waals surface area contributed by atoms with Crippen molar-refractivity contribution >= 4 is 35.0 Å². The molecule has 134 valence electrons. The highest BCUT2D eigenvalue weighted by Gasteiger charge is 2.19. The Bertz CT molecular complexity index is 950. The van der Waals surface area contributed by atoms with Crippen molar-refractivity contribution in [3.05, 3.63) is 59.1 Å². The molecular weight excluding hydrogens is 382 g/mol. The molecule has 0 aliphatic rings. The van der Waals surface area contributed by atoms with E-state index in [0.29, 0.717) is 16.4 Å². The highest BCUT2D eigenvalue weighted by molar-refractivity contribution is 8.00. The molecule has 5 nitrogen and oxygen atoms in total. The van der Waals surface area contributed by atoms with E-state index < -0.39 is 16.9 Å². The molecule has 0 aliphatic carbocycles. The van der Waals surface area contributed by atoms with Gasteiger partial charge in [0.2, 0.25) is 11.1 Å². The first-order valence-electron chi connectivity index (χ1n) is 7.54. The molecule has 0 saturated heterocycles. The smallest absolute Gasteiger partial charge is 0.237 e. The first-order valence-corrected chi connectivity index (χ1v) is 8.79. The number of amides is 1. The lowest BCUT2D eigenvalue weighted by Crippen LogP contribution is -2.22. The molecule has 3 rings (SSSR count). The van der Waals surface area contributed by atoms with Crippen molar-refractivity contribution in [1.82, 2.24) is 15.2 Å². The fourth-order valence-electron chi connectivity index (χ4n) is 2.11. The number of benzene rings is 2. The average Bonchev–Trinajstić information content (AvgIpc) is 3.06. The van der Waals surface area contributed by atoms with E-state index in [9.17, 15) is 13.6 Å². The minimum atomic E-state index is -0.555. The maximum atomic E-state index is 13.8. The number of nitrogens with one attached hydrogen (secondary N) is 2. The standard InChI is InChI=1S/C17H13ClF2N4OS/c1-9(16(25)21-14-7-6-10(19)8-12(14)18)26-17-22-15(23-24-17)11-4-2-3-5-13(11)20/h2-9H,1H3,(H,21,25)(H,22,23,24)/t9-/m1/s1. The molecule has 3 aromatic rings. The fourth-order valence-corrected chi connectivity index (χ4v) is 3.05. The van der Waals surface area contributed by atoms with Gasteiger partial charge in [0.25, 0.3) is 0 Å². The van der Waals surface area contributed by atoms with Gasteiger partial charge in [-0.15, -0.1) is 5.10 Å². The highest BCUT2D eigenvalue weighted by atomic mass is 35.5. The maximum absolute atomic E-state index is 13.8. The van der Waals surface area contributed by atoms with Crippen LogP contribution < -0.4 is 5.32 Å².